The lowest BCUT2D eigenvalue weighted by atomic mass is 10.0. The highest BCUT2D eigenvalue weighted by molar-refractivity contribution is 7.89. The number of benzene rings is 1. The molecule has 1 aliphatic rings. The van der Waals surface area contributed by atoms with Crippen LogP contribution in [0.1, 0.15) is 12.0 Å². The lowest BCUT2D eigenvalue weighted by molar-refractivity contribution is -0.116. The van der Waals surface area contributed by atoms with Crippen molar-refractivity contribution in [3.05, 3.63) is 23.8 Å². The fourth-order valence-corrected chi connectivity index (χ4v) is 2.86. The molecule has 2 rings (SSSR count). The maximum atomic E-state index is 11.8. The number of carbonyl (C=O) groups is 1. The Hall–Kier alpha value is -1.44. The van der Waals surface area contributed by atoms with Crippen LogP contribution in [0.25, 0.3) is 0 Å². The number of anilines is 1. The molecular weight excluding hydrogens is 256 g/mol. The van der Waals surface area contributed by atoms with Gasteiger partial charge in [0.05, 0.1) is 11.5 Å². The number of hydrogen-bond donors (Lipinski definition) is 3. The molecule has 0 atom stereocenters. The SMILES string of the molecule is O=C1CCc2cc(S(=O)(=O)NCCO)ccc2N1. The van der Waals surface area contributed by atoms with E-state index in [1.807, 2.05) is 0 Å². The van der Waals surface area contributed by atoms with Crippen LogP contribution < -0.4 is 10.0 Å². The van der Waals surface area contributed by atoms with E-state index in [1.54, 1.807) is 12.1 Å². The van der Waals surface area contributed by atoms with Crippen molar-refractivity contribution < 1.29 is 18.3 Å². The van der Waals surface area contributed by atoms with Crippen LogP contribution >= 0.6 is 0 Å². The molecule has 0 aromatic heterocycles. The maximum Gasteiger partial charge on any atom is 0.240 e. The normalized spacial score (nSPS) is 15.1. The van der Waals surface area contributed by atoms with Crippen molar-refractivity contribution in [2.24, 2.45) is 0 Å². The number of carbonyl (C=O) groups excluding carboxylic acids is 1. The molecule has 0 bridgehead atoms. The largest absolute Gasteiger partial charge is 0.395 e. The zero-order valence-electron chi connectivity index (χ0n) is 9.64. The van der Waals surface area contributed by atoms with Crippen molar-refractivity contribution in [2.75, 3.05) is 18.5 Å². The number of rotatable bonds is 4. The van der Waals surface area contributed by atoms with Crippen molar-refractivity contribution in [3.63, 3.8) is 0 Å². The van der Waals surface area contributed by atoms with E-state index in [0.717, 1.165) is 5.56 Å². The minimum atomic E-state index is -3.59. The summed E-state index contributed by atoms with van der Waals surface area (Å²) in [7, 11) is -3.59. The van der Waals surface area contributed by atoms with Crippen LogP contribution in [0.5, 0.6) is 0 Å². The first-order chi connectivity index (χ1) is 8.53. The van der Waals surface area contributed by atoms with Gasteiger partial charge in [-0.25, -0.2) is 13.1 Å². The van der Waals surface area contributed by atoms with Gasteiger partial charge < -0.3 is 10.4 Å². The quantitative estimate of drug-likeness (QED) is 0.708. The van der Waals surface area contributed by atoms with Gasteiger partial charge in [0.2, 0.25) is 15.9 Å². The molecule has 7 heteroatoms. The predicted molar refractivity (Wildman–Crippen MR) is 65.7 cm³/mol. The van der Waals surface area contributed by atoms with Gasteiger partial charge in [0.25, 0.3) is 0 Å². The maximum absolute atomic E-state index is 11.8. The van der Waals surface area contributed by atoms with Gasteiger partial charge in [-0.1, -0.05) is 0 Å². The number of nitrogens with one attached hydrogen (secondary N) is 2. The van der Waals surface area contributed by atoms with Gasteiger partial charge in [-0.3, -0.25) is 4.79 Å². The molecule has 1 aliphatic heterocycles. The number of amides is 1. The van der Waals surface area contributed by atoms with Crippen LogP contribution in [0, 0.1) is 0 Å². The Morgan fingerprint density at radius 2 is 2.11 bits per heavy atom. The number of aliphatic hydroxyl groups is 1. The first kappa shape index (κ1) is 13.0. The Bertz CT molecular complexity index is 568. The van der Waals surface area contributed by atoms with Gasteiger partial charge in [-0.15, -0.1) is 0 Å². The smallest absolute Gasteiger partial charge is 0.240 e. The van der Waals surface area contributed by atoms with Crippen molar-refractivity contribution in [1.29, 1.82) is 0 Å². The summed E-state index contributed by atoms with van der Waals surface area (Å²) in [5.41, 5.74) is 1.47. The Balaban J connectivity index is 2.29. The number of aryl methyl sites for hydroxylation is 1. The molecule has 1 aromatic rings. The first-order valence-corrected chi connectivity index (χ1v) is 7.04. The van der Waals surface area contributed by atoms with E-state index >= 15 is 0 Å². The van der Waals surface area contributed by atoms with Crippen LogP contribution in [0.3, 0.4) is 0 Å². The molecule has 0 spiro atoms. The van der Waals surface area contributed by atoms with Crippen LogP contribution in [0.15, 0.2) is 23.1 Å². The third-order valence-electron chi connectivity index (χ3n) is 2.69. The summed E-state index contributed by atoms with van der Waals surface area (Å²) in [6.07, 6.45) is 0.894. The molecular formula is C11H14N2O4S. The zero-order valence-corrected chi connectivity index (χ0v) is 10.5. The molecule has 0 unspecified atom stereocenters. The Kier molecular flexibility index (Phi) is 3.65. The summed E-state index contributed by atoms with van der Waals surface area (Å²) in [4.78, 5) is 11.3. The molecule has 3 N–H and O–H groups in total. The van der Waals surface area contributed by atoms with Gasteiger partial charge in [0.1, 0.15) is 0 Å². The average Bonchev–Trinajstić information content (AvgIpc) is 2.35. The summed E-state index contributed by atoms with van der Waals surface area (Å²) in [6, 6.07) is 4.57. The molecule has 1 aromatic carbocycles. The fraction of sp³-hybridized carbons (Fsp3) is 0.364. The second-order valence-corrected chi connectivity index (χ2v) is 5.76. The first-order valence-electron chi connectivity index (χ1n) is 5.56. The Labute approximate surface area is 105 Å². The monoisotopic (exact) mass is 270 g/mol. The van der Waals surface area contributed by atoms with E-state index < -0.39 is 10.0 Å². The zero-order chi connectivity index (χ0) is 13.2. The topological polar surface area (TPSA) is 95.5 Å². The number of fused-ring (bicyclic) bond motifs is 1. The molecule has 0 fully saturated rings. The van der Waals surface area contributed by atoms with Crippen LogP contribution in [-0.4, -0.2) is 32.6 Å². The van der Waals surface area contributed by atoms with Crippen LogP contribution in [0.4, 0.5) is 5.69 Å². The molecule has 0 radical (unpaired) electrons. The molecule has 1 amide bonds. The van der Waals surface area contributed by atoms with E-state index in [2.05, 4.69) is 10.0 Å². The van der Waals surface area contributed by atoms with Gasteiger partial charge in [-0.2, -0.15) is 0 Å². The number of hydrogen-bond acceptors (Lipinski definition) is 4. The van der Waals surface area contributed by atoms with Gasteiger partial charge in [0.15, 0.2) is 0 Å². The van der Waals surface area contributed by atoms with Gasteiger partial charge >= 0.3 is 0 Å². The highest BCUT2D eigenvalue weighted by atomic mass is 32.2. The number of aliphatic hydroxyl groups excluding tert-OH is 1. The molecule has 6 nitrogen and oxygen atoms in total. The van der Waals surface area contributed by atoms with Crippen molar-refractivity contribution in [3.8, 4) is 0 Å². The summed E-state index contributed by atoms with van der Waals surface area (Å²) in [5.74, 6) is -0.0588. The van der Waals surface area contributed by atoms with Gasteiger partial charge in [-0.05, 0) is 30.2 Å². The van der Waals surface area contributed by atoms with Crippen LogP contribution in [0.2, 0.25) is 0 Å². The van der Waals surface area contributed by atoms with Crippen molar-refractivity contribution in [2.45, 2.75) is 17.7 Å². The summed E-state index contributed by atoms with van der Waals surface area (Å²) < 4.78 is 25.9. The summed E-state index contributed by atoms with van der Waals surface area (Å²) in [5, 5.41) is 11.3. The van der Waals surface area contributed by atoms with E-state index in [4.69, 9.17) is 5.11 Å². The third-order valence-corrected chi connectivity index (χ3v) is 4.15. The molecule has 18 heavy (non-hydrogen) atoms. The van der Waals surface area contributed by atoms with Gasteiger partial charge in [0, 0.05) is 18.7 Å². The third kappa shape index (κ3) is 2.69. The summed E-state index contributed by atoms with van der Waals surface area (Å²) in [6.45, 7) is -0.267. The Morgan fingerprint density at radius 1 is 1.33 bits per heavy atom. The molecule has 1 heterocycles. The Morgan fingerprint density at radius 3 is 2.83 bits per heavy atom. The minimum absolute atomic E-state index is 0.0177. The van der Waals surface area contributed by atoms with Crippen LogP contribution in [-0.2, 0) is 21.2 Å². The predicted octanol–water partition coefficient (Wildman–Crippen LogP) is -0.158. The summed E-state index contributed by atoms with van der Waals surface area (Å²) >= 11 is 0. The van der Waals surface area contributed by atoms with E-state index in [0.29, 0.717) is 18.5 Å². The minimum Gasteiger partial charge on any atom is -0.395 e. The molecule has 98 valence electrons. The van der Waals surface area contributed by atoms with Crippen molar-refractivity contribution >= 4 is 21.6 Å². The van der Waals surface area contributed by atoms with Crippen molar-refractivity contribution in [1.82, 2.24) is 4.72 Å². The second-order valence-electron chi connectivity index (χ2n) is 3.99. The fourth-order valence-electron chi connectivity index (χ4n) is 1.79. The molecule has 0 aliphatic carbocycles. The van der Waals surface area contributed by atoms with E-state index in [9.17, 15) is 13.2 Å². The van der Waals surface area contributed by atoms with E-state index in [1.165, 1.54) is 6.07 Å². The average molecular weight is 270 g/mol. The lowest BCUT2D eigenvalue weighted by Crippen LogP contribution is -2.27. The highest BCUT2D eigenvalue weighted by Crippen LogP contribution is 2.25. The highest BCUT2D eigenvalue weighted by Gasteiger charge is 2.19. The standard InChI is InChI=1S/C11H14N2O4S/c14-6-5-12-18(16,17)9-2-3-10-8(7-9)1-4-11(15)13-10/h2-3,7,12,14H,1,4-6H2,(H,13,15). The molecule has 0 saturated heterocycles. The number of sulfonamides is 1. The second kappa shape index (κ2) is 5.05. The lowest BCUT2D eigenvalue weighted by Gasteiger charge is -2.17. The van der Waals surface area contributed by atoms with E-state index in [-0.39, 0.29) is 24.0 Å². The molecule has 0 saturated carbocycles.